The Balaban J connectivity index is 1.42. The second-order valence-electron chi connectivity index (χ2n) is 7.99. The second-order valence-corrected chi connectivity index (χ2v) is 7.99. The van der Waals surface area contributed by atoms with Crippen LogP contribution in [0.3, 0.4) is 0 Å². The van der Waals surface area contributed by atoms with Gasteiger partial charge in [-0.05, 0) is 36.6 Å². The molecule has 0 radical (unpaired) electrons. The summed E-state index contributed by atoms with van der Waals surface area (Å²) in [5.41, 5.74) is 2.77. The summed E-state index contributed by atoms with van der Waals surface area (Å²) < 4.78 is 5.59. The van der Waals surface area contributed by atoms with E-state index in [9.17, 15) is 4.79 Å². The first kappa shape index (κ1) is 18.2. The highest BCUT2D eigenvalue weighted by molar-refractivity contribution is 5.77. The molecule has 1 aromatic rings. The van der Waals surface area contributed by atoms with Gasteiger partial charge in [0.1, 0.15) is 38.5 Å². The maximum Gasteiger partial charge on any atom is 0.275 e. The van der Waals surface area contributed by atoms with E-state index in [4.69, 9.17) is 4.74 Å². The fraction of sp³-hybridized carbons (Fsp3) is 0.650. The van der Waals surface area contributed by atoms with Gasteiger partial charge in [-0.25, -0.2) is 0 Å². The minimum atomic E-state index is 0.193. The first-order valence-electron chi connectivity index (χ1n) is 9.72. The Labute approximate surface area is 151 Å². The molecule has 25 heavy (non-hydrogen) atoms. The number of carbonyl (C=O) groups is 1. The first-order chi connectivity index (χ1) is 12.0. The molecule has 2 aliphatic rings. The van der Waals surface area contributed by atoms with Gasteiger partial charge in [-0.2, -0.15) is 0 Å². The molecule has 3 N–H and O–H groups in total. The minimum Gasteiger partial charge on any atom is -0.493 e. The monoisotopic (exact) mass is 347 g/mol. The first-order valence-corrected chi connectivity index (χ1v) is 9.72. The number of amides is 1. The van der Waals surface area contributed by atoms with Gasteiger partial charge < -0.3 is 19.9 Å². The summed E-state index contributed by atoms with van der Waals surface area (Å²) in [6.45, 7) is 13.3. The van der Waals surface area contributed by atoms with Crippen molar-refractivity contribution in [3.63, 3.8) is 0 Å². The third-order valence-electron chi connectivity index (χ3n) is 5.67. The van der Waals surface area contributed by atoms with E-state index in [2.05, 4.69) is 44.3 Å². The van der Waals surface area contributed by atoms with E-state index in [0.29, 0.717) is 12.5 Å². The number of piperazine rings is 1. The van der Waals surface area contributed by atoms with Crippen molar-refractivity contribution in [2.75, 3.05) is 39.3 Å². The molecule has 0 aromatic heterocycles. The number of carbonyl (C=O) groups excluding carboxylic acids is 1. The zero-order valence-electron chi connectivity index (χ0n) is 15.9. The summed E-state index contributed by atoms with van der Waals surface area (Å²) in [5.74, 6) is 1.74. The lowest BCUT2D eigenvalue weighted by molar-refractivity contribution is -1.02. The van der Waals surface area contributed by atoms with E-state index in [-0.39, 0.29) is 11.9 Å². The Hall–Kier alpha value is -1.59. The molecule has 0 spiro atoms. The summed E-state index contributed by atoms with van der Waals surface area (Å²) in [4.78, 5) is 15.2. The lowest BCUT2D eigenvalue weighted by atomic mass is 10.1. The zero-order chi connectivity index (χ0) is 17.8. The highest BCUT2D eigenvalue weighted by atomic mass is 16.5. The van der Waals surface area contributed by atoms with Crippen LogP contribution in [0.5, 0.6) is 5.75 Å². The standard InChI is InChI=1S/C20H31N3O2/c1-15(2)16(3)21-20(24)14-23-9-7-22(8-10-23)13-17-4-5-19-18(12-17)6-11-25-19/h4-5,12,15-16H,6-11,13-14H2,1-3H3,(H,21,24)/p+2/t16-/m1/s1. The molecule has 0 unspecified atom stereocenters. The van der Waals surface area contributed by atoms with E-state index >= 15 is 0 Å². The van der Waals surface area contributed by atoms with Crippen LogP contribution in [0.15, 0.2) is 18.2 Å². The van der Waals surface area contributed by atoms with Crippen LogP contribution in [-0.4, -0.2) is 51.3 Å². The number of ether oxygens (including phenoxy) is 1. The van der Waals surface area contributed by atoms with Crippen molar-refractivity contribution in [1.82, 2.24) is 5.32 Å². The van der Waals surface area contributed by atoms with Gasteiger partial charge in [-0.1, -0.05) is 13.8 Å². The van der Waals surface area contributed by atoms with Crippen molar-refractivity contribution >= 4 is 5.91 Å². The van der Waals surface area contributed by atoms with Crippen LogP contribution < -0.4 is 19.9 Å². The normalized spacial score (nSPS) is 23.8. The fourth-order valence-electron chi connectivity index (χ4n) is 3.65. The Morgan fingerprint density at radius 3 is 2.60 bits per heavy atom. The largest absolute Gasteiger partial charge is 0.493 e. The number of fused-ring (bicyclic) bond motifs is 1. The van der Waals surface area contributed by atoms with Crippen molar-refractivity contribution in [3.8, 4) is 5.75 Å². The Morgan fingerprint density at radius 2 is 1.88 bits per heavy atom. The molecule has 1 atom stereocenters. The average molecular weight is 348 g/mol. The summed E-state index contributed by atoms with van der Waals surface area (Å²) in [7, 11) is 0. The van der Waals surface area contributed by atoms with Crippen molar-refractivity contribution in [3.05, 3.63) is 29.3 Å². The van der Waals surface area contributed by atoms with Crippen LogP contribution in [0.1, 0.15) is 31.9 Å². The van der Waals surface area contributed by atoms with E-state index in [0.717, 1.165) is 51.5 Å². The van der Waals surface area contributed by atoms with Crippen LogP contribution >= 0.6 is 0 Å². The molecular weight excluding hydrogens is 314 g/mol. The molecular formula is C20H33N3O2+2. The summed E-state index contributed by atoms with van der Waals surface area (Å²) in [6, 6.07) is 6.90. The smallest absolute Gasteiger partial charge is 0.275 e. The third kappa shape index (κ3) is 4.95. The molecule has 1 aromatic carbocycles. The molecule has 1 amide bonds. The predicted molar refractivity (Wildman–Crippen MR) is 98.0 cm³/mol. The number of hydrogen-bond acceptors (Lipinski definition) is 2. The second kappa shape index (κ2) is 8.19. The van der Waals surface area contributed by atoms with E-state index in [1.165, 1.54) is 16.0 Å². The number of quaternary nitrogens is 2. The quantitative estimate of drug-likeness (QED) is 0.622. The lowest BCUT2D eigenvalue weighted by Crippen LogP contribution is -3.28. The molecule has 5 heteroatoms. The van der Waals surface area contributed by atoms with Gasteiger partial charge in [0.2, 0.25) is 0 Å². The van der Waals surface area contributed by atoms with Gasteiger partial charge in [0.05, 0.1) is 6.61 Å². The Morgan fingerprint density at radius 1 is 1.16 bits per heavy atom. The molecule has 3 rings (SSSR count). The van der Waals surface area contributed by atoms with Gasteiger partial charge >= 0.3 is 0 Å². The van der Waals surface area contributed by atoms with Gasteiger partial charge in [0.25, 0.3) is 5.91 Å². The van der Waals surface area contributed by atoms with Crippen molar-refractivity contribution < 1.29 is 19.3 Å². The lowest BCUT2D eigenvalue weighted by Gasteiger charge is -2.30. The maximum atomic E-state index is 12.2. The van der Waals surface area contributed by atoms with Crippen molar-refractivity contribution in [1.29, 1.82) is 0 Å². The van der Waals surface area contributed by atoms with Crippen LogP contribution in [0, 0.1) is 5.92 Å². The summed E-state index contributed by atoms with van der Waals surface area (Å²) >= 11 is 0. The summed E-state index contributed by atoms with van der Waals surface area (Å²) in [5, 5.41) is 3.12. The highest BCUT2D eigenvalue weighted by Gasteiger charge is 2.26. The van der Waals surface area contributed by atoms with Gasteiger partial charge in [0.15, 0.2) is 6.54 Å². The molecule has 138 valence electrons. The Bertz CT molecular complexity index is 595. The maximum absolute atomic E-state index is 12.2. The zero-order valence-corrected chi connectivity index (χ0v) is 15.9. The van der Waals surface area contributed by atoms with Gasteiger partial charge in [0, 0.05) is 18.0 Å². The number of nitrogens with one attached hydrogen (secondary N) is 3. The minimum absolute atomic E-state index is 0.193. The van der Waals surface area contributed by atoms with E-state index in [1.807, 2.05) is 0 Å². The molecule has 1 saturated heterocycles. The summed E-state index contributed by atoms with van der Waals surface area (Å²) in [6.07, 6.45) is 1.04. The molecule has 2 aliphatic heterocycles. The topological polar surface area (TPSA) is 47.2 Å². The van der Waals surface area contributed by atoms with Gasteiger partial charge in [-0.3, -0.25) is 4.79 Å². The Kier molecular flexibility index (Phi) is 5.97. The number of rotatable bonds is 6. The van der Waals surface area contributed by atoms with Crippen LogP contribution in [0.25, 0.3) is 0 Å². The van der Waals surface area contributed by atoms with Crippen LogP contribution in [0.2, 0.25) is 0 Å². The van der Waals surface area contributed by atoms with Crippen LogP contribution in [0.4, 0.5) is 0 Å². The molecule has 0 saturated carbocycles. The SMILES string of the molecule is CC(C)[C@@H](C)NC(=O)C[NH+]1CC[NH+](Cc2ccc3c(c2)CCO3)CC1. The van der Waals surface area contributed by atoms with Gasteiger partial charge in [-0.15, -0.1) is 0 Å². The van der Waals surface area contributed by atoms with E-state index in [1.54, 1.807) is 4.90 Å². The highest BCUT2D eigenvalue weighted by Crippen LogP contribution is 2.25. The third-order valence-corrected chi connectivity index (χ3v) is 5.67. The fourth-order valence-corrected chi connectivity index (χ4v) is 3.65. The van der Waals surface area contributed by atoms with Crippen molar-refractivity contribution in [2.45, 2.75) is 39.8 Å². The predicted octanol–water partition coefficient (Wildman–Crippen LogP) is -0.934. The molecule has 5 nitrogen and oxygen atoms in total. The van der Waals surface area contributed by atoms with Crippen LogP contribution in [-0.2, 0) is 17.8 Å². The molecule has 0 aliphatic carbocycles. The van der Waals surface area contributed by atoms with E-state index < -0.39 is 0 Å². The number of benzene rings is 1. The molecule has 1 fully saturated rings. The molecule has 0 bridgehead atoms. The van der Waals surface area contributed by atoms with Crippen molar-refractivity contribution in [2.24, 2.45) is 5.92 Å². The average Bonchev–Trinajstić information content (AvgIpc) is 3.04. The number of hydrogen-bond donors (Lipinski definition) is 3. The molecule has 2 heterocycles.